The van der Waals surface area contributed by atoms with E-state index < -0.39 is 0 Å². The predicted octanol–water partition coefficient (Wildman–Crippen LogP) is 2.50. The van der Waals surface area contributed by atoms with Crippen LogP contribution in [0.25, 0.3) is 0 Å². The van der Waals surface area contributed by atoms with Crippen LogP contribution in [0.5, 0.6) is 0 Å². The van der Waals surface area contributed by atoms with E-state index in [-0.39, 0.29) is 0 Å². The van der Waals surface area contributed by atoms with Crippen molar-refractivity contribution in [3.63, 3.8) is 0 Å². The van der Waals surface area contributed by atoms with Crippen molar-refractivity contribution in [2.75, 3.05) is 26.7 Å². The predicted molar refractivity (Wildman–Crippen MR) is 98.2 cm³/mol. The molecule has 24 heavy (non-hydrogen) atoms. The molecule has 0 amide bonds. The molecule has 0 aliphatic carbocycles. The summed E-state index contributed by atoms with van der Waals surface area (Å²) >= 11 is 0. The number of aromatic nitrogens is 1. The summed E-state index contributed by atoms with van der Waals surface area (Å²) in [4.78, 5) is 6.77. The van der Waals surface area contributed by atoms with E-state index in [4.69, 9.17) is 4.52 Å². The van der Waals surface area contributed by atoms with Crippen molar-refractivity contribution in [3.8, 4) is 0 Å². The third-order valence-electron chi connectivity index (χ3n) is 4.24. The van der Waals surface area contributed by atoms with Gasteiger partial charge in [-0.05, 0) is 25.7 Å². The van der Waals surface area contributed by atoms with Crippen LogP contribution < -0.4 is 10.6 Å². The summed E-state index contributed by atoms with van der Waals surface area (Å²) in [6.07, 6.45) is 2.24. The molecule has 0 radical (unpaired) electrons. The van der Waals surface area contributed by atoms with Gasteiger partial charge in [-0.15, -0.1) is 0 Å². The molecule has 1 fully saturated rings. The molecule has 1 saturated heterocycles. The first-order valence-electron chi connectivity index (χ1n) is 8.77. The Morgan fingerprint density at radius 3 is 2.71 bits per heavy atom. The number of aliphatic imine (C=N–C) groups is 1. The van der Waals surface area contributed by atoms with Crippen molar-refractivity contribution in [2.45, 2.75) is 52.1 Å². The van der Waals surface area contributed by atoms with E-state index in [2.05, 4.69) is 53.0 Å². The lowest BCUT2D eigenvalue weighted by molar-refractivity contribution is 0.221. The molecule has 1 aromatic heterocycles. The minimum absolute atomic E-state index is 0.379. The molecular weight excluding hydrogens is 302 g/mol. The number of hydrogen-bond acceptors (Lipinski definition) is 4. The lowest BCUT2D eigenvalue weighted by atomic mass is 10.0. The van der Waals surface area contributed by atoms with Crippen molar-refractivity contribution in [1.29, 1.82) is 0 Å². The molecule has 0 unspecified atom stereocenters. The van der Waals surface area contributed by atoms with Crippen LogP contribution in [0.1, 0.15) is 51.0 Å². The number of nitrogens with zero attached hydrogens (tertiary/aromatic N) is 3. The van der Waals surface area contributed by atoms with Gasteiger partial charge in [0.25, 0.3) is 0 Å². The Morgan fingerprint density at radius 1 is 1.46 bits per heavy atom. The van der Waals surface area contributed by atoms with Crippen molar-refractivity contribution < 1.29 is 4.52 Å². The van der Waals surface area contributed by atoms with Crippen molar-refractivity contribution in [2.24, 2.45) is 4.99 Å². The smallest absolute Gasteiger partial charge is 0.191 e. The molecule has 2 N–H and O–H groups in total. The zero-order chi connectivity index (χ0) is 17.5. The second kappa shape index (κ2) is 8.87. The zero-order valence-corrected chi connectivity index (χ0v) is 15.4. The maximum absolute atomic E-state index is 5.35. The number of piperidine rings is 1. The molecule has 134 valence electrons. The van der Waals surface area contributed by atoms with Crippen LogP contribution in [0, 0.1) is 0 Å². The molecule has 1 aliphatic rings. The van der Waals surface area contributed by atoms with Gasteiger partial charge in [-0.3, -0.25) is 9.89 Å². The Morgan fingerprint density at radius 2 is 2.17 bits per heavy atom. The summed E-state index contributed by atoms with van der Waals surface area (Å²) < 4.78 is 5.35. The average Bonchev–Trinajstić information content (AvgIpc) is 3.02. The van der Waals surface area contributed by atoms with Gasteiger partial charge < -0.3 is 15.2 Å². The van der Waals surface area contributed by atoms with Gasteiger partial charge in [0.15, 0.2) is 11.7 Å². The Labute approximate surface area is 145 Å². The molecular formula is C18H31N5O. The van der Waals surface area contributed by atoms with Crippen LogP contribution in [0.15, 0.2) is 27.7 Å². The first-order chi connectivity index (χ1) is 11.5. The molecule has 0 atom stereocenters. The molecule has 1 aliphatic heterocycles. The Bertz CT molecular complexity index is 556. The van der Waals surface area contributed by atoms with Crippen molar-refractivity contribution in [1.82, 2.24) is 20.7 Å². The molecule has 6 nitrogen and oxygen atoms in total. The van der Waals surface area contributed by atoms with E-state index in [1.807, 2.05) is 6.07 Å². The molecule has 2 rings (SSSR count). The molecule has 0 saturated carbocycles. The summed E-state index contributed by atoms with van der Waals surface area (Å²) in [6.45, 7) is 14.1. The van der Waals surface area contributed by atoms with Crippen molar-refractivity contribution >= 4 is 5.96 Å². The highest BCUT2D eigenvalue weighted by Gasteiger charge is 2.19. The van der Waals surface area contributed by atoms with Crippen LogP contribution in [-0.2, 0) is 6.54 Å². The molecule has 2 heterocycles. The SMILES string of the molecule is C=C(C)CN1CCC(NC(=NC)NCc2cc(C(C)C)no2)CC1. The average molecular weight is 333 g/mol. The topological polar surface area (TPSA) is 65.7 Å². The van der Waals surface area contributed by atoms with Gasteiger partial charge in [0.1, 0.15) is 0 Å². The highest BCUT2D eigenvalue weighted by molar-refractivity contribution is 5.79. The standard InChI is InChI=1S/C18H31N5O/c1-13(2)12-23-8-6-15(7-9-23)21-18(19-5)20-11-16-10-17(14(3)4)22-24-16/h10,14-15H,1,6-9,11-12H2,2-5H3,(H2,19,20,21). The second-order valence-corrected chi connectivity index (χ2v) is 6.95. The van der Waals surface area contributed by atoms with Gasteiger partial charge in [0, 0.05) is 38.8 Å². The van der Waals surface area contributed by atoms with Gasteiger partial charge in [-0.25, -0.2) is 0 Å². The minimum Gasteiger partial charge on any atom is -0.359 e. The molecule has 6 heteroatoms. The summed E-state index contributed by atoms with van der Waals surface area (Å²) in [5.41, 5.74) is 2.21. The van der Waals surface area contributed by atoms with Gasteiger partial charge in [-0.1, -0.05) is 31.2 Å². The molecule has 0 spiro atoms. The largest absolute Gasteiger partial charge is 0.359 e. The van der Waals surface area contributed by atoms with Crippen LogP contribution in [0.3, 0.4) is 0 Å². The van der Waals surface area contributed by atoms with Gasteiger partial charge in [0.05, 0.1) is 12.2 Å². The van der Waals surface area contributed by atoms with E-state index in [9.17, 15) is 0 Å². The first kappa shape index (κ1) is 18.5. The quantitative estimate of drug-likeness (QED) is 0.476. The van der Waals surface area contributed by atoms with Crippen LogP contribution >= 0.6 is 0 Å². The number of guanidine groups is 1. The third-order valence-corrected chi connectivity index (χ3v) is 4.24. The van der Waals surface area contributed by atoms with Crippen LogP contribution in [-0.4, -0.2) is 48.7 Å². The normalized spacial score (nSPS) is 17.3. The Hall–Kier alpha value is -1.82. The fourth-order valence-corrected chi connectivity index (χ4v) is 2.86. The van der Waals surface area contributed by atoms with E-state index in [0.29, 0.717) is 18.5 Å². The fraction of sp³-hybridized carbons (Fsp3) is 0.667. The summed E-state index contributed by atoms with van der Waals surface area (Å²) in [5.74, 6) is 2.03. The summed E-state index contributed by atoms with van der Waals surface area (Å²) in [6, 6.07) is 2.46. The zero-order valence-electron chi connectivity index (χ0n) is 15.4. The minimum atomic E-state index is 0.379. The lowest BCUT2D eigenvalue weighted by Crippen LogP contribution is -2.48. The summed E-state index contributed by atoms with van der Waals surface area (Å²) in [7, 11) is 1.80. The molecule has 1 aromatic rings. The number of rotatable bonds is 6. The van der Waals surface area contributed by atoms with E-state index >= 15 is 0 Å². The Balaban J connectivity index is 1.75. The highest BCUT2D eigenvalue weighted by Crippen LogP contribution is 2.14. The monoisotopic (exact) mass is 333 g/mol. The molecule has 0 bridgehead atoms. The first-order valence-corrected chi connectivity index (χ1v) is 8.77. The third kappa shape index (κ3) is 5.67. The van der Waals surface area contributed by atoms with E-state index in [1.165, 1.54) is 5.57 Å². The van der Waals surface area contributed by atoms with Gasteiger partial charge >= 0.3 is 0 Å². The number of nitrogens with one attached hydrogen (secondary N) is 2. The lowest BCUT2D eigenvalue weighted by Gasteiger charge is -2.33. The van der Waals surface area contributed by atoms with Crippen LogP contribution in [0.4, 0.5) is 0 Å². The second-order valence-electron chi connectivity index (χ2n) is 6.95. The fourth-order valence-electron chi connectivity index (χ4n) is 2.86. The molecule has 0 aromatic carbocycles. The maximum Gasteiger partial charge on any atom is 0.191 e. The highest BCUT2D eigenvalue weighted by atomic mass is 16.5. The van der Waals surface area contributed by atoms with E-state index in [1.54, 1.807) is 7.05 Å². The van der Waals surface area contributed by atoms with Gasteiger partial charge in [0.2, 0.25) is 0 Å². The van der Waals surface area contributed by atoms with Crippen molar-refractivity contribution in [3.05, 3.63) is 29.7 Å². The van der Waals surface area contributed by atoms with Gasteiger partial charge in [-0.2, -0.15) is 0 Å². The van der Waals surface area contributed by atoms with E-state index in [0.717, 1.165) is 49.9 Å². The number of likely N-dealkylation sites (tertiary alicyclic amines) is 1. The van der Waals surface area contributed by atoms with Crippen LogP contribution in [0.2, 0.25) is 0 Å². The maximum atomic E-state index is 5.35. The summed E-state index contributed by atoms with van der Waals surface area (Å²) in [5, 5.41) is 10.9. The Kier molecular flexibility index (Phi) is 6.85. The number of hydrogen-bond donors (Lipinski definition) is 2.